The fourth-order valence-electron chi connectivity index (χ4n) is 4.11. The average molecular weight is 582 g/mol. The third-order valence-electron chi connectivity index (χ3n) is 6.04. The van der Waals surface area contributed by atoms with Crippen LogP contribution in [0, 0.1) is 17.0 Å². The molecule has 2 aromatic carbocycles. The molecule has 14 heteroatoms. The van der Waals surface area contributed by atoms with Gasteiger partial charge in [0.1, 0.15) is 18.1 Å². The van der Waals surface area contributed by atoms with Gasteiger partial charge in [0.25, 0.3) is 11.6 Å². The SMILES string of the molecule is CC(C)=C(C(=O)OCc1ccc([N+](=O)[O-])cc1)N1C(=O)[C@@H](NC(=O)Cc2ccccc2)[C@H]1[S+]([O-])Nc1cc(C)on1. The van der Waals surface area contributed by atoms with Crippen molar-refractivity contribution in [1.29, 1.82) is 0 Å². The Kier molecular flexibility index (Phi) is 9.04. The van der Waals surface area contributed by atoms with E-state index in [-0.39, 0.29) is 30.2 Å². The molecule has 2 amide bonds. The van der Waals surface area contributed by atoms with Gasteiger partial charge in [-0.2, -0.15) is 4.72 Å². The van der Waals surface area contributed by atoms with Gasteiger partial charge in [0.15, 0.2) is 6.04 Å². The van der Waals surface area contributed by atoms with Crippen LogP contribution < -0.4 is 10.0 Å². The van der Waals surface area contributed by atoms with E-state index < -0.39 is 45.5 Å². The molecule has 0 bridgehead atoms. The van der Waals surface area contributed by atoms with Crippen LogP contribution >= 0.6 is 0 Å². The maximum atomic E-state index is 13.5. The van der Waals surface area contributed by atoms with Crippen molar-refractivity contribution in [1.82, 2.24) is 15.4 Å². The number of ether oxygens (including phenoxy) is 1. The number of aromatic nitrogens is 1. The number of benzene rings is 2. The molecule has 0 radical (unpaired) electrons. The number of rotatable bonds is 11. The molecule has 214 valence electrons. The molecule has 3 atom stereocenters. The molecule has 41 heavy (non-hydrogen) atoms. The summed E-state index contributed by atoms with van der Waals surface area (Å²) in [6.45, 7) is 4.60. The number of nitro groups is 1. The number of non-ortho nitro benzene ring substituents is 1. The number of esters is 1. The number of amides is 2. The zero-order chi connectivity index (χ0) is 29.7. The maximum Gasteiger partial charge on any atom is 0.355 e. The molecule has 2 N–H and O–H groups in total. The maximum absolute atomic E-state index is 13.5. The van der Waals surface area contributed by atoms with Gasteiger partial charge in [-0.25, -0.2) is 4.79 Å². The minimum absolute atomic E-state index is 0.00728. The van der Waals surface area contributed by atoms with Gasteiger partial charge in [0, 0.05) is 18.2 Å². The van der Waals surface area contributed by atoms with E-state index in [1.165, 1.54) is 30.3 Å². The highest BCUT2D eigenvalue weighted by Crippen LogP contribution is 2.33. The Labute approximate surface area is 238 Å². The first-order chi connectivity index (χ1) is 19.5. The van der Waals surface area contributed by atoms with Crippen LogP contribution in [-0.4, -0.2) is 48.7 Å². The lowest BCUT2D eigenvalue weighted by Gasteiger charge is -2.45. The van der Waals surface area contributed by atoms with E-state index in [0.29, 0.717) is 16.9 Å². The van der Waals surface area contributed by atoms with E-state index in [1.54, 1.807) is 45.0 Å². The molecular formula is C27H27N5O8S. The van der Waals surface area contributed by atoms with E-state index in [0.717, 1.165) is 10.5 Å². The van der Waals surface area contributed by atoms with Gasteiger partial charge in [-0.1, -0.05) is 35.5 Å². The Morgan fingerprint density at radius 1 is 1.12 bits per heavy atom. The van der Waals surface area contributed by atoms with Crippen LogP contribution in [0.1, 0.15) is 30.7 Å². The summed E-state index contributed by atoms with van der Waals surface area (Å²) in [7, 11) is 0. The zero-order valence-electron chi connectivity index (χ0n) is 22.4. The third-order valence-corrected chi connectivity index (χ3v) is 7.38. The van der Waals surface area contributed by atoms with E-state index in [1.807, 2.05) is 6.07 Å². The molecule has 1 aliphatic heterocycles. The van der Waals surface area contributed by atoms with Crippen molar-refractivity contribution >= 4 is 40.7 Å². The van der Waals surface area contributed by atoms with E-state index >= 15 is 0 Å². The highest BCUT2D eigenvalue weighted by Gasteiger charge is 2.59. The normalized spacial score (nSPS) is 16.8. The molecule has 3 aromatic rings. The summed E-state index contributed by atoms with van der Waals surface area (Å²) in [5, 5.41) is 16.1. The van der Waals surface area contributed by atoms with Gasteiger partial charge in [-0.05, 0) is 49.6 Å². The molecule has 1 fully saturated rings. The molecule has 1 aliphatic rings. The lowest BCUT2D eigenvalue weighted by Crippen LogP contribution is -2.74. The topological polar surface area (TPSA) is 180 Å². The van der Waals surface area contributed by atoms with E-state index in [2.05, 4.69) is 15.2 Å². The molecule has 13 nitrogen and oxygen atoms in total. The number of nitro benzene ring substituents is 1. The molecule has 1 unspecified atom stereocenters. The standard InChI is InChI=1S/C27H27N5O8S/c1-16(2)24(27(35)39-15-19-9-11-20(12-10-19)32(36)37)31-25(34)23(28-22(33)14-18-7-5-4-6-8-18)26(31)41(38)30-21-13-17(3)40-29-21/h4-13,23,26H,14-15H2,1-3H3,(H,28,33)(H,29,30)/t23-,26-,41?/m1/s1. The Bertz CT molecular complexity index is 1470. The van der Waals surface area contributed by atoms with Crippen molar-refractivity contribution in [3.63, 3.8) is 0 Å². The largest absolute Gasteiger partial charge is 0.591 e. The molecule has 2 heterocycles. The number of hydrogen-bond donors (Lipinski definition) is 2. The van der Waals surface area contributed by atoms with Crippen LogP contribution in [0.15, 0.2) is 76.5 Å². The van der Waals surface area contributed by atoms with Crippen molar-refractivity contribution in [3.05, 3.63) is 98.9 Å². The lowest BCUT2D eigenvalue weighted by molar-refractivity contribution is -0.384. The van der Waals surface area contributed by atoms with Gasteiger partial charge in [0.05, 0.1) is 22.7 Å². The zero-order valence-corrected chi connectivity index (χ0v) is 23.2. The number of nitrogens with zero attached hydrogens (tertiary/aromatic N) is 3. The van der Waals surface area contributed by atoms with Gasteiger partial charge < -0.3 is 19.1 Å². The monoisotopic (exact) mass is 581 g/mol. The summed E-state index contributed by atoms with van der Waals surface area (Å²) in [5.41, 5.74) is 1.36. The van der Waals surface area contributed by atoms with Crippen LogP contribution in [0.25, 0.3) is 0 Å². The second-order valence-electron chi connectivity index (χ2n) is 9.38. The van der Waals surface area contributed by atoms with E-state index in [4.69, 9.17) is 9.26 Å². The van der Waals surface area contributed by atoms with Crippen LogP contribution in [-0.2, 0) is 43.5 Å². The number of hydrogen-bond acceptors (Lipinski definition) is 10. The van der Waals surface area contributed by atoms with Crippen LogP contribution in [0.5, 0.6) is 0 Å². The molecule has 0 saturated carbocycles. The first-order valence-electron chi connectivity index (χ1n) is 12.4. The predicted molar refractivity (Wildman–Crippen MR) is 147 cm³/mol. The van der Waals surface area contributed by atoms with Crippen LogP contribution in [0.4, 0.5) is 11.5 Å². The summed E-state index contributed by atoms with van der Waals surface area (Å²) in [6.07, 6.45) is -0.00728. The first-order valence-corrected chi connectivity index (χ1v) is 13.6. The quantitative estimate of drug-likeness (QED) is 0.0853. The number of carbonyl (C=O) groups is 3. The number of aryl methyl sites for hydroxylation is 1. The molecule has 4 rings (SSSR count). The molecular weight excluding hydrogens is 554 g/mol. The average Bonchev–Trinajstić information content (AvgIpc) is 3.35. The van der Waals surface area contributed by atoms with Gasteiger partial charge in [0.2, 0.25) is 17.1 Å². The van der Waals surface area contributed by atoms with Crippen molar-refractivity contribution in [2.24, 2.45) is 0 Å². The van der Waals surface area contributed by atoms with Gasteiger partial charge in [-0.15, -0.1) is 0 Å². The number of nitrogens with one attached hydrogen (secondary N) is 2. The Hall–Kier alpha value is -4.69. The molecule has 0 spiro atoms. The Morgan fingerprint density at radius 3 is 2.39 bits per heavy atom. The second kappa shape index (κ2) is 12.7. The highest BCUT2D eigenvalue weighted by molar-refractivity contribution is 7.93. The summed E-state index contributed by atoms with van der Waals surface area (Å²) in [6, 6.07) is 14.7. The number of β-lactam (4-membered cyclic amide) rings is 1. The van der Waals surface area contributed by atoms with Crippen molar-refractivity contribution in [3.8, 4) is 0 Å². The highest BCUT2D eigenvalue weighted by atomic mass is 32.2. The third kappa shape index (κ3) is 6.91. The number of anilines is 1. The molecule has 1 aromatic heterocycles. The van der Waals surface area contributed by atoms with Crippen molar-refractivity contribution in [2.75, 3.05) is 4.72 Å². The fourth-order valence-corrected chi connectivity index (χ4v) is 5.37. The Morgan fingerprint density at radius 2 is 1.80 bits per heavy atom. The lowest BCUT2D eigenvalue weighted by atomic mass is 10.0. The van der Waals surface area contributed by atoms with Gasteiger partial charge in [-0.3, -0.25) is 24.6 Å². The molecule has 0 aliphatic carbocycles. The first kappa shape index (κ1) is 29.3. The van der Waals surface area contributed by atoms with Gasteiger partial charge >= 0.3 is 5.97 Å². The van der Waals surface area contributed by atoms with E-state index in [9.17, 15) is 29.1 Å². The van der Waals surface area contributed by atoms with Crippen molar-refractivity contribution in [2.45, 2.75) is 45.2 Å². The predicted octanol–water partition coefficient (Wildman–Crippen LogP) is 2.90. The van der Waals surface area contributed by atoms with Crippen LogP contribution in [0.2, 0.25) is 0 Å². The molecule has 1 saturated heterocycles. The number of carbonyl (C=O) groups excluding carboxylic acids is 3. The second-order valence-corrected chi connectivity index (χ2v) is 10.7. The minimum Gasteiger partial charge on any atom is -0.591 e. The van der Waals surface area contributed by atoms with Crippen molar-refractivity contribution < 1.29 is 33.1 Å². The fraction of sp³-hybridized carbons (Fsp3) is 0.259. The summed E-state index contributed by atoms with van der Waals surface area (Å²) in [4.78, 5) is 50.7. The summed E-state index contributed by atoms with van der Waals surface area (Å²) in [5.74, 6) is -1.38. The number of likely N-dealkylation sites (tertiary alicyclic amines) is 1. The van der Waals surface area contributed by atoms with Crippen LogP contribution in [0.3, 0.4) is 0 Å². The smallest absolute Gasteiger partial charge is 0.355 e. The minimum atomic E-state index is -2.05. The summed E-state index contributed by atoms with van der Waals surface area (Å²) < 4.78 is 26.5. The summed E-state index contributed by atoms with van der Waals surface area (Å²) >= 11 is -2.05. The number of allylic oxidation sites excluding steroid dienone is 1. The Balaban J connectivity index is 1.53.